The van der Waals surface area contributed by atoms with Crippen molar-refractivity contribution >= 4 is 11.8 Å². The van der Waals surface area contributed by atoms with Crippen LogP contribution in [-0.4, -0.2) is 40.7 Å². The molecule has 0 aliphatic carbocycles. The van der Waals surface area contributed by atoms with Crippen LogP contribution in [0.15, 0.2) is 24.3 Å². The van der Waals surface area contributed by atoms with Crippen LogP contribution in [0.25, 0.3) is 0 Å². The van der Waals surface area contributed by atoms with Gasteiger partial charge in [0, 0.05) is 32.0 Å². The standard InChI is InChI=1S/C21H29FN2O2/c1-3-16(4-2)21(26)23-13-17-8-6-10-20(25)24(19(17)14-23)12-15-7-5-9-18(22)11-15/h5,7,9,11,16-17,19H,3-4,6,8,10,12-14H2,1-2H3/t17-,19+/m1/s1. The van der Waals surface area contributed by atoms with Crippen molar-refractivity contribution in [2.75, 3.05) is 13.1 Å². The molecule has 0 unspecified atom stereocenters. The highest BCUT2D eigenvalue weighted by molar-refractivity contribution is 5.80. The van der Waals surface area contributed by atoms with Crippen LogP contribution in [0.3, 0.4) is 0 Å². The van der Waals surface area contributed by atoms with E-state index in [0.29, 0.717) is 25.4 Å². The summed E-state index contributed by atoms with van der Waals surface area (Å²) in [4.78, 5) is 29.4. The zero-order valence-electron chi connectivity index (χ0n) is 15.8. The number of carbonyl (C=O) groups is 2. The molecule has 4 nitrogen and oxygen atoms in total. The molecular formula is C21H29FN2O2. The summed E-state index contributed by atoms with van der Waals surface area (Å²) in [6.45, 7) is 5.89. The van der Waals surface area contributed by atoms with Gasteiger partial charge in [0.05, 0.1) is 6.04 Å². The summed E-state index contributed by atoms with van der Waals surface area (Å²) in [5.41, 5.74) is 0.809. The summed E-state index contributed by atoms with van der Waals surface area (Å²) >= 11 is 0. The number of benzene rings is 1. The molecule has 1 aromatic rings. The van der Waals surface area contributed by atoms with Gasteiger partial charge in [0.15, 0.2) is 0 Å². The minimum atomic E-state index is -0.279. The molecule has 1 aromatic carbocycles. The fourth-order valence-electron chi connectivity index (χ4n) is 4.45. The Morgan fingerprint density at radius 2 is 2.04 bits per heavy atom. The minimum absolute atomic E-state index is 0.0478. The molecule has 2 fully saturated rings. The highest BCUT2D eigenvalue weighted by Crippen LogP contribution is 2.32. The zero-order chi connectivity index (χ0) is 18.7. The van der Waals surface area contributed by atoms with Gasteiger partial charge in [-0.1, -0.05) is 26.0 Å². The second kappa shape index (κ2) is 8.19. The van der Waals surface area contributed by atoms with Gasteiger partial charge in [0.2, 0.25) is 11.8 Å². The zero-order valence-corrected chi connectivity index (χ0v) is 15.8. The summed E-state index contributed by atoms with van der Waals surface area (Å²) in [6, 6.07) is 6.50. The van der Waals surface area contributed by atoms with Gasteiger partial charge in [-0.15, -0.1) is 0 Å². The number of hydrogen-bond donors (Lipinski definition) is 0. The number of fused-ring (bicyclic) bond motifs is 1. The van der Waals surface area contributed by atoms with Crippen molar-refractivity contribution in [3.05, 3.63) is 35.6 Å². The van der Waals surface area contributed by atoms with E-state index in [1.807, 2.05) is 15.9 Å². The van der Waals surface area contributed by atoms with Crippen molar-refractivity contribution in [3.63, 3.8) is 0 Å². The number of halogens is 1. The largest absolute Gasteiger partial charge is 0.340 e. The van der Waals surface area contributed by atoms with E-state index in [1.54, 1.807) is 6.07 Å². The molecule has 2 saturated heterocycles. The Labute approximate surface area is 155 Å². The molecule has 2 aliphatic rings. The number of amides is 2. The maximum atomic E-state index is 13.5. The average Bonchev–Trinajstić information content (AvgIpc) is 2.98. The number of carbonyl (C=O) groups excluding carboxylic acids is 2. The van der Waals surface area contributed by atoms with E-state index in [-0.39, 0.29) is 29.6 Å². The molecule has 0 spiro atoms. The molecule has 2 amide bonds. The molecule has 0 radical (unpaired) electrons. The third kappa shape index (κ3) is 3.92. The molecule has 0 saturated carbocycles. The van der Waals surface area contributed by atoms with Gasteiger partial charge >= 0.3 is 0 Å². The summed E-state index contributed by atoms with van der Waals surface area (Å²) in [5.74, 6) is 0.469. The Bertz CT molecular complexity index is 659. The third-order valence-electron chi connectivity index (χ3n) is 5.98. The number of hydrogen-bond acceptors (Lipinski definition) is 2. The number of rotatable bonds is 5. The summed E-state index contributed by atoms with van der Waals surface area (Å²) in [6.07, 6.45) is 4.10. The topological polar surface area (TPSA) is 40.6 Å². The molecule has 0 bridgehead atoms. The van der Waals surface area contributed by atoms with Crippen molar-refractivity contribution in [3.8, 4) is 0 Å². The fraction of sp³-hybridized carbons (Fsp3) is 0.619. The van der Waals surface area contributed by atoms with Crippen molar-refractivity contribution in [2.45, 2.75) is 58.5 Å². The molecule has 142 valence electrons. The maximum absolute atomic E-state index is 13.5. The van der Waals surface area contributed by atoms with Gasteiger partial charge < -0.3 is 9.80 Å². The van der Waals surface area contributed by atoms with Crippen LogP contribution in [0.5, 0.6) is 0 Å². The predicted octanol–water partition coefficient (Wildman–Crippen LogP) is 3.60. The normalized spacial score (nSPS) is 23.3. The predicted molar refractivity (Wildman–Crippen MR) is 98.7 cm³/mol. The molecule has 0 N–H and O–H groups in total. The molecule has 26 heavy (non-hydrogen) atoms. The smallest absolute Gasteiger partial charge is 0.225 e. The summed E-state index contributed by atoms with van der Waals surface area (Å²) in [7, 11) is 0. The van der Waals surface area contributed by atoms with Gasteiger partial charge in [-0.2, -0.15) is 0 Å². The van der Waals surface area contributed by atoms with Gasteiger partial charge in [0.25, 0.3) is 0 Å². The maximum Gasteiger partial charge on any atom is 0.225 e. The highest BCUT2D eigenvalue weighted by Gasteiger charge is 2.42. The Balaban J connectivity index is 1.78. The minimum Gasteiger partial charge on any atom is -0.340 e. The van der Waals surface area contributed by atoms with Crippen LogP contribution in [-0.2, 0) is 16.1 Å². The van der Waals surface area contributed by atoms with Gasteiger partial charge in [-0.05, 0) is 49.3 Å². The van der Waals surface area contributed by atoms with E-state index < -0.39 is 0 Å². The second-order valence-electron chi connectivity index (χ2n) is 7.63. The Morgan fingerprint density at radius 1 is 1.27 bits per heavy atom. The first-order valence-electron chi connectivity index (χ1n) is 9.86. The van der Waals surface area contributed by atoms with Crippen LogP contribution in [0, 0.1) is 17.7 Å². The average molecular weight is 360 g/mol. The van der Waals surface area contributed by atoms with Gasteiger partial charge in [-0.3, -0.25) is 9.59 Å². The monoisotopic (exact) mass is 360 g/mol. The van der Waals surface area contributed by atoms with Crippen molar-refractivity contribution in [1.82, 2.24) is 9.80 Å². The van der Waals surface area contributed by atoms with Crippen molar-refractivity contribution < 1.29 is 14.0 Å². The molecule has 2 heterocycles. The molecular weight excluding hydrogens is 331 g/mol. The first-order valence-corrected chi connectivity index (χ1v) is 9.86. The van der Waals surface area contributed by atoms with Gasteiger partial charge in [0.1, 0.15) is 5.82 Å². The molecule has 3 rings (SSSR count). The van der Waals surface area contributed by atoms with E-state index in [1.165, 1.54) is 12.1 Å². The quantitative estimate of drug-likeness (QED) is 0.805. The Hall–Kier alpha value is -1.91. The number of nitrogens with zero attached hydrogens (tertiary/aromatic N) is 2. The lowest BCUT2D eigenvalue weighted by Crippen LogP contribution is -2.43. The van der Waals surface area contributed by atoms with Gasteiger partial charge in [-0.25, -0.2) is 4.39 Å². The Kier molecular flexibility index (Phi) is 5.94. The first-order chi connectivity index (χ1) is 12.5. The SMILES string of the molecule is CCC(CC)C(=O)N1C[C@H]2CCCC(=O)N(Cc3cccc(F)c3)[C@H]2C1. The van der Waals surface area contributed by atoms with E-state index in [0.717, 1.165) is 37.8 Å². The lowest BCUT2D eigenvalue weighted by molar-refractivity contribution is -0.137. The molecule has 2 aliphatic heterocycles. The first kappa shape index (κ1) is 18.9. The lowest BCUT2D eigenvalue weighted by Gasteiger charge is -2.30. The Morgan fingerprint density at radius 3 is 2.73 bits per heavy atom. The van der Waals surface area contributed by atoms with E-state index in [4.69, 9.17) is 0 Å². The van der Waals surface area contributed by atoms with Crippen LogP contribution < -0.4 is 0 Å². The van der Waals surface area contributed by atoms with E-state index in [9.17, 15) is 14.0 Å². The van der Waals surface area contributed by atoms with Crippen molar-refractivity contribution in [2.24, 2.45) is 11.8 Å². The fourth-order valence-corrected chi connectivity index (χ4v) is 4.45. The second-order valence-corrected chi connectivity index (χ2v) is 7.63. The van der Waals surface area contributed by atoms with E-state index >= 15 is 0 Å². The van der Waals surface area contributed by atoms with E-state index in [2.05, 4.69) is 13.8 Å². The molecule has 5 heteroatoms. The molecule has 0 aromatic heterocycles. The highest BCUT2D eigenvalue weighted by atomic mass is 19.1. The third-order valence-corrected chi connectivity index (χ3v) is 5.98. The summed E-state index contributed by atoms with van der Waals surface area (Å²) < 4.78 is 13.5. The van der Waals surface area contributed by atoms with Crippen LogP contribution in [0.1, 0.15) is 51.5 Å². The summed E-state index contributed by atoms with van der Waals surface area (Å²) in [5, 5.41) is 0. The lowest BCUT2D eigenvalue weighted by atomic mass is 9.98. The van der Waals surface area contributed by atoms with Crippen LogP contribution in [0.4, 0.5) is 4.39 Å². The van der Waals surface area contributed by atoms with Crippen LogP contribution >= 0.6 is 0 Å². The van der Waals surface area contributed by atoms with Crippen molar-refractivity contribution in [1.29, 1.82) is 0 Å². The number of likely N-dealkylation sites (tertiary alicyclic amines) is 2. The van der Waals surface area contributed by atoms with Crippen LogP contribution in [0.2, 0.25) is 0 Å². The molecule has 2 atom stereocenters.